The van der Waals surface area contributed by atoms with Crippen molar-refractivity contribution in [1.82, 2.24) is 29.5 Å². The Morgan fingerprint density at radius 1 is 1.18 bits per heavy atom. The summed E-state index contributed by atoms with van der Waals surface area (Å²) in [4.78, 5) is 42.8. The minimum absolute atomic E-state index is 0.0177. The Bertz CT molecular complexity index is 1660. The molecule has 4 heterocycles. The molecule has 1 aliphatic carbocycles. The number of nitrogens with one attached hydrogen (secondary N) is 2. The molecule has 1 aliphatic heterocycles. The van der Waals surface area contributed by atoms with Crippen molar-refractivity contribution < 1.29 is 22.4 Å². The molecule has 6 rings (SSSR count). The summed E-state index contributed by atoms with van der Waals surface area (Å²) >= 11 is 0. The van der Waals surface area contributed by atoms with Gasteiger partial charge in [0.2, 0.25) is 5.91 Å². The summed E-state index contributed by atoms with van der Waals surface area (Å²) in [7, 11) is 0. The largest absolute Gasteiger partial charge is 0.389 e. The number of alkyl halides is 3. The smallest absolute Gasteiger partial charge is 0.309 e. The molecule has 1 fully saturated rings. The number of nitrogens with zero attached hydrogens (tertiary/aromatic N) is 5. The van der Waals surface area contributed by atoms with Crippen LogP contribution in [0.1, 0.15) is 48.1 Å². The normalized spacial score (nSPS) is 19.1. The van der Waals surface area contributed by atoms with Crippen molar-refractivity contribution >= 4 is 17.4 Å². The fraction of sp³-hybridized carbons (Fsp3) is 0.360. The Balaban J connectivity index is 1.45. The number of aryl methyl sites for hydroxylation is 2. The van der Waals surface area contributed by atoms with Gasteiger partial charge in [-0.15, -0.1) is 0 Å². The van der Waals surface area contributed by atoms with Gasteiger partial charge >= 0.3 is 6.18 Å². The van der Waals surface area contributed by atoms with E-state index in [4.69, 9.17) is 0 Å². The number of amides is 1. The Kier molecular flexibility index (Phi) is 5.37. The molecule has 13 heteroatoms. The lowest BCUT2D eigenvalue weighted by Crippen LogP contribution is -2.41. The standard InChI is InChI=1S/C25H21F4N7O2/c1-12-9-14(6-7-15(12)26)25(13-4-5-13)18-20(35-23(25)38)33-19(34-22(18)37)17-10-36-21(30-11-31-36)16(32-17)3-2-8-24(27,28)29/h6-7,9-11,13H,2-5,8H2,1H3,(H2,33,34,35,37,38). The molecular weight excluding hydrogens is 506 g/mol. The minimum atomic E-state index is -4.30. The molecule has 9 nitrogen and oxygen atoms in total. The van der Waals surface area contributed by atoms with Crippen molar-refractivity contribution in [3.8, 4) is 11.5 Å². The molecule has 196 valence electrons. The van der Waals surface area contributed by atoms with E-state index in [9.17, 15) is 27.2 Å². The molecule has 0 bridgehead atoms. The van der Waals surface area contributed by atoms with Gasteiger partial charge in [-0.05, 0) is 55.7 Å². The van der Waals surface area contributed by atoms with Crippen LogP contribution in [0, 0.1) is 18.7 Å². The molecule has 0 spiro atoms. The fourth-order valence-electron chi connectivity index (χ4n) is 5.31. The molecular formula is C25H21F4N7O2. The fourth-order valence-corrected chi connectivity index (χ4v) is 5.31. The highest BCUT2D eigenvalue weighted by atomic mass is 19.4. The van der Waals surface area contributed by atoms with Crippen LogP contribution >= 0.6 is 0 Å². The number of anilines is 1. The maximum atomic E-state index is 14.0. The molecule has 0 saturated heterocycles. The van der Waals surface area contributed by atoms with Gasteiger partial charge in [0, 0.05) is 6.42 Å². The van der Waals surface area contributed by atoms with E-state index in [-0.39, 0.29) is 47.4 Å². The van der Waals surface area contributed by atoms with Gasteiger partial charge in [-0.25, -0.2) is 23.9 Å². The second kappa shape index (κ2) is 8.43. The van der Waals surface area contributed by atoms with Crippen molar-refractivity contribution in [2.75, 3.05) is 5.32 Å². The third kappa shape index (κ3) is 3.84. The highest BCUT2D eigenvalue weighted by Crippen LogP contribution is 2.55. The van der Waals surface area contributed by atoms with Gasteiger partial charge in [0.25, 0.3) is 5.56 Å². The van der Waals surface area contributed by atoms with Crippen LogP contribution in [0.15, 0.2) is 35.5 Å². The van der Waals surface area contributed by atoms with Crippen molar-refractivity contribution in [3.63, 3.8) is 0 Å². The van der Waals surface area contributed by atoms with E-state index in [1.54, 1.807) is 13.0 Å². The number of halogens is 4. The van der Waals surface area contributed by atoms with Crippen LogP contribution in [-0.2, 0) is 16.6 Å². The average Bonchev–Trinajstić information content (AvgIpc) is 3.50. The second-order valence-electron chi connectivity index (χ2n) is 9.71. The van der Waals surface area contributed by atoms with Gasteiger partial charge in [-0.2, -0.15) is 18.3 Å². The van der Waals surface area contributed by atoms with E-state index in [2.05, 4.69) is 30.4 Å². The summed E-state index contributed by atoms with van der Waals surface area (Å²) in [6.07, 6.45) is -1.36. The van der Waals surface area contributed by atoms with Gasteiger partial charge in [0.05, 0.1) is 17.5 Å². The second-order valence-corrected chi connectivity index (χ2v) is 9.71. The molecule has 0 radical (unpaired) electrons. The van der Waals surface area contributed by atoms with Gasteiger partial charge in [-0.3, -0.25) is 9.59 Å². The summed E-state index contributed by atoms with van der Waals surface area (Å²) in [5.74, 6) is -0.885. The third-order valence-corrected chi connectivity index (χ3v) is 7.15. The van der Waals surface area contributed by atoms with Crippen molar-refractivity contribution in [1.29, 1.82) is 0 Å². The predicted octanol–water partition coefficient (Wildman–Crippen LogP) is 3.86. The number of H-pyrrole nitrogens is 1. The van der Waals surface area contributed by atoms with Gasteiger partial charge in [0.1, 0.15) is 29.1 Å². The van der Waals surface area contributed by atoms with Crippen LogP contribution in [0.5, 0.6) is 0 Å². The Morgan fingerprint density at radius 2 is 1.97 bits per heavy atom. The first-order valence-corrected chi connectivity index (χ1v) is 12.1. The van der Waals surface area contributed by atoms with E-state index >= 15 is 0 Å². The first-order valence-electron chi connectivity index (χ1n) is 12.1. The number of fused-ring (bicyclic) bond motifs is 2. The minimum Gasteiger partial charge on any atom is -0.309 e. The highest BCUT2D eigenvalue weighted by Gasteiger charge is 2.59. The number of hydrogen-bond acceptors (Lipinski definition) is 6. The number of carbonyl (C=O) groups excluding carboxylic acids is 1. The van der Waals surface area contributed by atoms with Crippen LogP contribution in [0.4, 0.5) is 23.4 Å². The lowest BCUT2D eigenvalue weighted by molar-refractivity contribution is -0.135. The van der Waals surface area contributed by atoms with Crippen LogP contribution in [0.3, 0.4) is 0 Å². The first-order chi connectivity index (χ1) is 18.1. The van der Waals surface area contributed by atoms with Crippen LogP contribution in [0.2, 0.25) is 0 Å². The number of aromatic amines is 1. The zero-order chi connectivity index (χ0) is 26.8. The molecule has 4 aromatic rings. The molecule has 1 saturated carbocycles. The molecule has 1 atom stereocenters. The summed E-state index contributed by atoms with van der Waals surface area (Å²) in [5, 5.41) is 6.80. The Morgan fingerprint density at radius 3 is 2.68 bits per heavy atom. The summed E-state index contributed by atoms with van der Waals surface area (Å²) in [6, 6.07) is 4.40. The van der Waals surface area contributed by atoms with E-state index < -0.39 is 35.3 Å². The number of aromatic nitrogens is 6. The van der Waals surface area contributed by atoms with Crippen molar-refractivity contribution in [2.45, 2.75) is 50.6 Å². The number of carbonyl (C=O) groups is 1. The van der Waals surface area contributed by atoms with E-state index in [0.717, 1.165) is 12.8 Å². The molecule has 1 unspecified atom stereocenters. The van der Waals surface area contributed by atoms with Gasteiger partial charge < -0.3 is 10.3 Å². The average molecular weight is 527 g/mol. The van der Waals surface area contributed by atoms with Crippen molar-refractivity contribution in [2.24, 2.45) is 5.92 Å². The SMILES string of the molecule is Cc1cc(C2(C3CC3)C(=O)Nc3nc(-c4cn5ncnc5c(CCCC(F)(F)F)n4)[nH]c(=O)c32)ccc1F. The number of rotatable bonds is 6. The zero-order valence-electron chi connectivity index (χ0n) is 20.1. The van der Waals surface area contributed by atoms with Crippen LogP contribution in [0.25, 0.3) is 17.2 Å². The highest BCUT2D eigenvalue weighted by molar-refractivity contribution is 6.08. The summed E-state index contributed by atoms with van der Waals surface area (Å²) < 4.78 is 53.5. The van der Waals surface area contributed by atoms with E-state index in [0.29, 0.717) is 16.8 Å². The lowest BCUT2D eigenvalue weighted by Gasteiger charge is -2.27. The Labute approximate surface area is 212 Å². The first kappa shape index (κ1) is 24.2. The van der Waals surface area contributed by atoms with E-state index in [1.165, 1.54) is 29.2 Å². The molecule has 1 aromatic carbocycles. The topological polar surface area (TPSA) is 118 Å². The lowest BCUT2D eigenvalue weighted by atomic mass is 9.71. The molecule has 1 amide bonds. The third-order valence-electron chi connectivity index (χ3n) is 7.15. The Hall–Kier alpha value is -4.16. The number of hydrogen-bond donors (Lipinski definition) is 2. The molecule has 2 aliphatic rings. The van der Waals surface area contributed by atoms with Gasteiger partial charge in [-0.1, -0.05) is 12.1 Å². The number of benzene rings is 1. The molecule has 3 aromatic heterocycles. The van der Waals surface area contributed by atoms with Gasteiger partial charge in [0.15, 0.2) is 11.5 Å². The molecule has 38 heavy (non-hydrogen) atoms. The van der Waals surface area contributed by atoms with Crippen LogP contribution < -0.4 is 10.9 Å². The maximum Gasteiger partial charge on any atom is 0.389 e. The van der Waals surface area contributed by atoms with E-state index in [1.807, 2.05) is 0 Å². The van der Waals surface area contributed by atoms with Crippen LogP contribution in [-0.4, -0.2) is 41.6 Å². The summed E-state index contributed by atoms with van der Waals surface area (Å²) in [5.41, 5.74) is -0.113. The monoisotopic (exact) mass is 527 g/mol. The predicted molar refractivity (Wildman–Crippen MR) is 127 cm³/mol. The molecule has 2 N–H and O–H groups in total. The quantitative estimate of drug-likeness (QED) is 0.368. The summed E-state index contributed by atoms with van der Waals surface area (Å²) in [6.45, 7) is 1.59. The zero-order valence-corrected chi connectivity index (χ0v) is 20.1. The van der Waals surface area contributed by atoms with Crippen molar-refractivity contribution in [3.05, 3.63) is 69.3 Å². The maximum absolute atomic E-state index is 14.0.